The molecule has 0 radical (unpaired) electrons. The number of nitrogens with two attached hydrogens (primary N) is 1. The van der Waals surface area contributed by atoms with Crippen molar-refractivity contribution in [3.8, 4) is 0 Å². The van der Waals surface area contributed by atoms with E-state index in [4.69, 9.17) is 10.2 Å². The molecule has 1 aliphatic carbocycles. The van der Waals surface area contributed by atoms with Crippen molar-refractivity contribution in [1.82, 2.24) is 10.6 Å². The first-order valence-corrected chi connectivity index (χ1v) is 6.59. The normalized spacial score (nSPS) is 15.7. The first-order chi connectivity index (χ1) is 9.24. The lowest BCUT2D eigenvalue weighted by molar-refractivity contribution is -0.119. The Morgan fingerprint density at radius 3 is 2.85 bits per heavy atom. The number of carbonyl (C=O) groups is 1. The smallest absolute Gasteiger partial charge is 0.242 e. The third kappa shape index (κ3) is 5.81. The summed E-state index contributed by atoms with van der Waals surface area (Å²) in [4.78, 5) is 15.6. The summed E-state index contributed by atoms with van der Waals surface area (Å²) in [6, 6.07) is 4.00. The van der Waals surface area contributed by atoms with Crippen LogP contribution in [0.1, 0.15) is 31.4 Å². The lowest BCUT2D eigenvalue weighted by Crippen LogP contribution is -2.39. The maximum absolute atomic E-state index is 11.5. The lowest BCUT2D eigenvalue weighted by atomic mass is 10.2. The van der Waals surface area contributed by atoms with Crippen LogP contribution in [0.15, 0.2) is 27.8 Å². The zero-order chi connectivity index (χ0) is 13.5. The summed E-state index contributed by atoms with van der Waals surface area (Å²) in [7, 11) is 0. The van der Waals surface area contributed by atoms with Crippen LogP contribution in [0, 0.1) is 0 Å². The summed E-state index contributed by atoms with van der Waals surface area (Å²) in [5.74, 6) is 0.891. The number of aliphatic imine (C=N–C) groups is 1. The summed E-state index contributed by atoms with van der Waals surface area (Å²) in [6.45, 7) is 0.406. The van der Waals surface area contributed by atoms with E-state index in [1.807, 2.05) is 0 Å². The molecule has 1 fully saturated rings. The van der Waals surface area contributed by atoms with Gasteiger partial charge in [0.2, 0.25) is 5.91 Å². The number of guanidine groups is 1. The molecule has 6 nitrogen and oxygen atoms in total. The molecule has 1 saturated carbocycles. The summed E-state index contributed by atoms with van der Waals surface area (Å²) < 4.78 is 5.11. The second-order valence-electron chi connectivity index (χ2n) is 4.68. The Balaban J connectivity index is 0.00000200. The second kappa shape index (κ2) is 8.83. The van der Waals surface area contributed by atoms with Gasteiger partial charge in [0.05, 0.1) is 12.8 Å². The fourth-order valence-electron chi connectivity index (χ4n) is 2.14. The number of nitrogens with zero attached hydrogens (tertiary/aromatic N) is 1. The van der Waals surface area contributed by atoms with Gasteiger partial charge in [0, 0.05) is 6.04 Å². The highest BCUT2D eigenvalue weighted by Crippen LogP contribution is 2.17. The van der Waals surface area contributed by atoms with Gasteiger partial charge in [-0.3, -0.25) is 4.79 Å². The standard InChI is InChI=1S/C13H20N4O2.HI/c14-13(17-10-4-1-2-5-10)16-9-12(18)15-8-11-6-3-7-19-11;/h3,6-7,10H,1-2,4-5,8-9H2,(H,15,18)(H3,14,16,17);1H. The van der Waals surface area contributed by atoms with Gasteiger partial charge in [-0.1, -0.05) is 12.8 Å². The molecule has 7 heteroatoms. The molecule has 4 N–H and O–H groups in total. The van der Waals surface area contributed by atoms with E-state index >= 15 is 0 Å². The van der Waals surface area contributed by atoms with Crippen molar-refractivity contribution in [3.63, 3.8) is 0 Å². The molecule has 0 unspecified atom stereocenters. The summed E-state index contributed by atoms with van der Waals surface area (Å²) >= 11 is 0. The van der Waals surface area contributed by atoms with Crippen LogP contribution in [0.2, 0.25) is 0 Å². The van der Waals surface area contributed by atoms with E-state index in [2.05, 4.69) is 15.6 Å². The molecule has 1 amide bonds. The lowest BCUT2D eigenvalue weighted by Gasteiger charge is -2.12. The van der Waals surface area contributed by atoms with Crippen LogP contribution < -0.4 is 16.4 Å². The maximum Gasteiger partial charge on any atom is 0.242 e. The van der Waals surface area contributed by atoms with Gasteiger partial charge >= 0.3 is 0 Å². The van der Waals surface area contributed by atoms with Crippen molar-refractivity contribution < 1.29 is 9.21 Å². The number of amides is 1. The third-order valence-electron chi connectivity index (χ3n) is 3.14. The van der Waals surface area contributed by atoms with Crippen LogP contribution >= 0.6 is 24.0 Å². The summed E-state index contributed by atoms with van der Waals surface area (Å²) in [5, 5.41) is 5.84. The first kappa shape index (κ1) is 16.8. The van der Waals surface area contributed by atoms with Crippen LogP contribution in [0.5, 0.6) is 0 Å². The molecule has 20 heavy (non-hydrogen) atoms. The molecule has 2 rings (SSSR count). The summed E-state index contributed by atoms with van der Waals surface area (Å²) in [6.07, 6.45) is 6.29. The van der Waals surface area contributed by atoms with Crippen LogP contribution in [0.4, 0.5) is 0 Å². The molecule has 0 atom stereocenters. The van der Waals surface area contributed by atoms with Gasteiger partial charge < -0.3 is 20.8 Å². The number of hydrogen-bond donors (Lipinski definition) is 3. The van der Waals surface area contributed by atoms with Crippen molar-refractivity contribution in [2.24, 2.45) is 10.7 Å². The average molecular weight is 392 g/mol. The minimum Gasteiger partial charge on any atom is -0.467 e. The van der Waals surface area contributed by atoms with Gasteiger partial charge in [-0.25, -0.2) is 4.99 Å². The predicted octanol–water partition coefficient (Wildman–Crippen LogP) is 1.36. The fraction of sp³-hybridized carbons (Fsp3) is 0.538. The van der Waals surface area contributed by atoms with Gasteiger partial charge in [0.15, 0.2) is 5.96 Å². The number of carbonyl (C=O) groups excluding carboxylic acids is 1. The molecule has 1 aliphatic rings. The van der Waals surface area contributed by atoms with Crippen LogP contribution in [0.25, 0.3) is 0 Å². The van der Waals surface area contributed by atoms with E-state index < -0.39 is 0 Å². The van der Waals surface area contributed by atoms with E-state index in [1.54, 1.807) is 18.4 Å². The van der Waals surface area contributed by atoms with Gasteiger partial charge in [-0.15, -0.1) is 24.0 Å². The quantitative estimate of drug-likeness (QED) is 0.401. The molecular formula is C13H21IN4O2. The largest absolute Gasteiger partial charge is 0.467 e. The van der Waals surface area contributed by atoms with Gasteiger partial charge in [-0.05, 0) is 25.0 Å². The number of furan rings is 1. The maximum atomic E-state index is 11.5. The van der Waals surface area contributed by atoms with Crippen molar-refractivity contribution in [2.45, 2.75) is 38.3 Å². The number of nitrogens with one attached hydrogen (secondary N) is 2. The minimum absolute atomic E-state index is 0. The molecule has 0 aromatic carbocycles. The third-order valence-corrected chi connectivity index (χ3v) is 3.14. The molecular weight excluding hydrogens is 371 g/mol. The Morgan fingerprint density at radius 2 is 2.20 bits per heavy atom. The zero-order valence-corrected chi connectivity index (χ0v) is 13.6. The number of rotatable bonds is 5. The summed E-state index contributed by atoms with van der Waals surface area (Å²) in [5.41, 5.74) is 5.73. The van der Waals surface area contributed by atoms with Crippen LogP contribution in [-0.2, 0) is 11.3 Å². The molecule has 0 aliphatic heterocycles. The highest BCUT2D eigenvalue weighted by atomic mass is 127. The Hall–Kier alpha value is -1.25. The minimum atomic E-state index is -0.174. The molecule has 112 valence electrons. The Labute approximate surface area is 135 Å². The Bertz CT molecular complexity index is 428. The second-order valence-corrected chi connectivity index (χ2v) is 4.68. The van der Waals surface area contributed by atoms with E-state index in [0.29, 0.717) is 18.5 Å². The molecule has 1 aromatic heterocycles. The van der Waals surface area contributed by atoms with Crippen molar-refractivity contribution in [2.75, 3.05) is 6.54 Å². The van der Waals surface area contributed by atoms with E-state index in [9.17, 15) is 4.79 Å². The first-order valence-electron chi connectivity index (χ1n) is 6.59. The van der Waals surface area contributed by atoms with Crippen LogP contribution in [-0.4, -0.2) is 24.5 Å². The Morgan fingerprint density at radius 1 is 1.45 bits per heavy atom. The molecule has 0 bridgehead atoms. The highest BCUT2D eigenvalue weighted by Gasteiger charge is 2.14. The Kier molecular flexibility index (Phi) is 7.42. The van der Waals surface area contributed by atoms with E-state index in [0.717, 1.165) is 18.6 Å². The fourth-order valence-corrected chi connectivity index (χ4v) is 2.14. The van der Waals surface area contributed by atoms with Crippen molar-refractivity contribution >= 4 is 35.8 Å². The highest BCUT2D eigenvalue weighted by molar-refractivity contribution is 14.0. The molecule has 0 saturated heterocycles. The van der Waals surface area contributed by atoms with Crippen molar-refractivity contribution in [1.29, 1.82) is 0 Å². The zero-order valence-electron chi connectivity index (χ0n) is 11.3. The van der Waals surface area contributed by atoms with Gasteiger partial charge in [-0.2, -0.15) is 0 Å². The average Bonchev–Trinajstić information content (AvgIpc) is 3.06. The topological polar surface area (TPSA) is 92.6 Å². The van der Waals surface area contributed by atoms with Gasteiger partial charge in [0.25, 0.3) is 0 Å². The van der Waals surface area contributed by atoms with E-state index in [1.165, 1.54) is 12.8 Å². The molecule has 0 spiro atoms. The number of hydrogen-bond acceptors (Lipinski definition) is 3. The molecule has 1 heterocycles. The van der Waals surface area contributed by atoms with Crippen molar-refractivity contribution in [3.05, 3.63) is 24.2 Å². The monoisotopic (exact) mass is 392 g/mol. The van der Waals surface area contributed by atoms with Gasteiger partial charge in [0.1, 0.15) is 12.3 Å². The SMILES string of the molecule is I.NC(=NCC(=O)NCc1ccco1)NC1CCCC1. The number of halogens is 1. The molecule has 1 aromatic rings. The van der Waals surface area contributed by atoms with Crippen LogP contribution in [0.3, 0.4) is 0 Å². The van der Waals surface area contributed by atoms with E-state index in [-0.39, 0.29) is 36.4 Å². The predicted molar refractivity (Wildman–Crippen MR) is 87.9 cm³/mol.